The highest BCUT2D eigenvalue weighted by molar-refractivity contribution is 7.80. The topological polar surface area (TPSA) is 106 Å². The van der Waals surface area contributed by atoms with Crippen LogP contribution in [0.15, 0.2) is 42.5 Å². The Balaban J connectivity index is 1.95. The van der Waals surface area contributed by atoms with Crippen LogP contribution >= 0.6 is 12.2 Å². The summed E-state index contributed by atoms with van der Waals surface area (Å²) in [5.41, 5.74) is 7.11. The Bertz CT molecular complexity index is 808. The molecule has 9 heteroatoms. The summed E-state index contributed by atoms with van der Waals surface area (Å²) in [7, 11) is 1.49. The standard InChI is InChI=1S/C16H16N4O4S/c1-10-4-3-5-13(14(10)24-2)15(21)17-16(25)19-18-11-6-8-12(9-7-11)20(22)23/h3-9,18H,1-2H3,(H2,17,19,21,25). The quantitative estimate of drug-likeness (QED) is 0.427. The molecule has 1 amide bonds. The highest BCUT2D eigenvalue weighted by Gasteiger charge is 2.15. The molecule has 8 nitrogen and oxygen atoms in total. The maximum atomic E-state index is 12.3. The van der Waals surface area contributed by atoms with Crippen LogP contribution in [0.4, 0.5) is 11.4 Å². The normalized spacial score (nSPS) is 9.84. The largest absolute Gasteiger partial charge is 0.496 e. The zero-order valence-corrected chi connectivity index (χ0v) is 14.3. The van der Waals surface area contributed by atoms with Crippen molar-refractivity contribution in [3.05, 3.63) is 63.7 Å². The maximum Gasteiger partial charge on any atom is 0.269 e. The van der Waals surface area contributed by atoms with E-state index in [1.165, 1.54) is 31.4 Å². The molecule has 0 aliphatic carbocycles. The zero-order valence-electron chi connectivity index (χ0n) is 13.5. The van der Waals surface area contributed by atoms with Gasteiger partial charge in [0.15, 0.2) is 5.11 Å². The first-order valence-electron chi connectivity index (χ1n) is 7.17. The highest BCUT2D eigenvalue weighted by Crippen LogP contribution is 2.22. The summed E-state index contributed by atoms with van der Waals surface area (Å²) >= 11 is 5.05. The first-order valence-corrected chi connectivity index (χ1v) is 7.58. The predicted octanol–water partition coefficient (Wildman–Crippen LogP) is 2.54. The Kier molecular flexibility index (Phi) is 5.85. The number of amides is 1. The summed E-state index contributed by atoms with van der Waals surface area (Å²) in [5, 5.41) is 13.2. The van der Waals surface area contributed by atoms with E-state index in [1.54, 1.807) is 12.1 Å². The maximum absolute atomic E-state index is 12.3. The van der Waals surface area contributed by atoms with Gasteiger partial charge in [0, 0.05) is 12.1 Å². The average Bonchev–Trinajstić information content (AvgIpc) is 2.60. The van der Waals surface area contributed by atoms with Crippen molar-refractivity contribution in [2.75, 3.05) is 12.5 Å². The SMILES string of the molecule is COc1c(C)cccc1C(=O)NC(=S)NNc1ccc([N+](=O)[O-])cc1. The van der Waals surface area contributed by atoms with Gasteiger partial charge in [-0.05, 0) is 42.9 Å². The molecule has 0 bridgehead atoms. The minimum absolute atomic E-state index is 0.0204. The fourth-order valence-corrected chi connectivity index (χ4v) is 2.24. The number of anilines is 1. The van der Waals surface area contributed by atoms with Gasteiger partial charge >= 0.3 is 0 Å². The molecule has 130 valence electrons. The number of nitrogens with zero attached hydrogens (tertiary/aromatic N) is 1. The number of benzene rings is 2. The molecule has 0 aliphatic heterocycles. The van der Waals surface area contributed by atoms with Crippen molar-refractivity contribution in [1.82, 2.24) is 10.7 Å². The second-order valence-corrected chi connectivity index (χ2v) is 5.40. The molecule has 2 rings (SSSR count). The minimum Gasteiger partial charge on any atom is -0.496 e. The molecule has 0 fully saturated rings. The van der Waals surface area contributed by atoms with E-state index < -0.39 is 10.8 Å². The smallest absolute Gasteiger partial charge is 0.269 e. The Morgan fingerprint density at radius 2 is 1.88 bits per heavy atom. The van der Waals surface area contributed by atoms with E-state index >= 15 is 0 Å². The molecule has 0 aliphatic rings. The van der Waals surface area contributed by atoms with Gasteiger partial charge in [-0.2, -0.15) is 0 Å². The van der Waals surface area contributed by atoms with E-state index in [1.807, 2.05) is 13.0 Å². The zero-order chi connectivity index (χ0) is 18.4. The Morgan fingerprint density at radius 1 is 1.20 bits per heavy atom. The number of para-hydroxylation sites is 1. The number of ether oxygens (including phenoxy) is 1. The molecule has 2 aromatic carbocycles. The average molecular weight is 360 g/mol. The molecule has 0 unspecified atom stereocenters. The molecule has 0 saturated carbocycles. The van der Waals surface area contributed by atoms with Crippen LogP contribution in [0.3, 0.4) is 0 Å². The van der Waals surface area contributed by atoms with Gasteiger partial charge in [0.1, 0.15) is 5.75 Å². The van der Waals surface area contributed by atoms with Crippen LogP contribution in [0.5, 0.6) is 5.75 Å². The molecule has 0 aromatic heterocycles. The third kappa shape index (κ3) is 4.64. The fraction of sp³-hybridized carbons (Fsp3) is 0.125. The van der Waals surface area contributed by atoms with Gasteiger partial charge in [-0.1, -0.05) is 12.1 Å². The number of hydrazine groups is 1. The van der Waals surface area contributed by atoms with Crippen molar-refractivity contribution < 1.29 is 14.5 Å². The number of nitro groups is 1. The summed E-state index contributed by atoms with van der Waals surface area (Å²) in [4.78, 5) is 22.4. The molecule has 3 N–H and O–H groups in total. The monoisotopic (exact) mass is 360 g/mol. The fourth-order valence-electron chi connectivity index (χ4n) is 2.10. The summed E-state index contributed by atoms with van der Waals surface area (Å²) < 4.78 is 5.24. The minimum atomic E-state index is -0.489. The number of hydrogen-bond donors (Lipinski definition) is 3. The number of non-ortho nitro benzene ring substituents is 1. The third-order valence-electron chi connectivity index (χ3n) is 3.29. The van der Waals surface area contributed by atoms with E-state index in [9.17, 15) is 14.9 Å². The molecule has 2 aromatic rings. The number of rotatable bonds is 5. The van der Waals surface area contributed by atoms with Crippen LogP contribution in [-0.4, -0.2) is 23.1 Å². The first kappa shape index (κ1) is 18.1. The van der Waals surface area contributed by atoms with Crippen LogP contribution in [0.2, 0.25) is 0 Å². The van der Waals surface area contributed by atoms with E-state index in [0.29, 0.717) is 17.0 Å². The van der Waals surface area contributed by atoms with Gasteiger partial charge in [-0.25, -0.2) is 0 Å². The Hall–Kier alpha value is -3.20. The van der Waals surface area contributed by atoms with Gasteiger partial charge in [0.25, 0.3) is 11.6 Å². The molecule has 0 radical (unpaired) electrons. The lowest BCUT2D eigenvalue weighted by Gasteiger charge is -2.14. The molecular weight excluding hydrogens is 344 g/mol. The van der Waals surface area contributed by atoms with Crippen LogP contribution in [0, 0.1) is 17.0 Å². The van der Waals surface area contributed by atoms with Gasteiger partial charge in [-0.3, -0.25) is 31.1 Å². The van der Waals surface area contributed by atoms with Crippen molar-refractivity contribution >= 4 is 34.6 Å². The van der Waals surface area contributed by atoms with Crippen molar-refractivity contribution in [1.29, 1.82) is 0 Å². The molecule has 0 heterocycles. The summed E-state index contributed by atoms with van der Waals surface area (Å²) in [6.45, 7) is 1.84. The molecule has 0 atom stereocenters. The number of nitro benzene ring substituents is 1. The lowest BCUT2D eigenvalue weighted by atomic mass is 10.1. The third-order valence-corrected chi connectivity index (χ3v) is 3.49. The molecule has 0 spiro atoms. The molecule has 25 heavy (non-hydrogen) atoms. The second-order valence-electron chi connectivity index (χ2n) is 4.99. The lowest BCUT2D eigenvalue weighted by molar-refractivity contribution is -0.384. The molecular formula is C16H16N4O4S. The predicted molar refractivity (Wildman–Crippen MR) is 97.7 cm³/mol. The van der Waals surface area contributed by atoms with Gasteiger partial charge in [0.2, 0.25) is 0 Å². The van der Waals surface area contributed by atoms with E-state index in [4.69, 9.17) is 17.0 Å². The van der Waals surface area contributed by atoms with Crippen LogP contribution in [0.1, 0.15) is 15.9 Å². The van der Waals surface area contributed by atoms with E-state index in [2.05, 4.69) is 16.2 Å². The highest BCUT2D eigenvalue weighted by atomic mass is 32.1. The summed E-state index contributed by atoms with van der Waals surface area (Å²) in [6.07, 6.45) is 0. The number of thiocarbonyl (C=S) groups is 1. The lowest BCUT2D eigenvalue weighted by Crippen LogP contribution is -2.42. The van der Waals surface area contributed by atoms with Crippen molar-refractivity contribution in [3.63, 3.8) is 0 Å². The number of aryl methyl sites for hydroxylation is 1. The first-order chi connectivity index (χ1) is 11.9. The van der Waals surface area contributed by atoms with Crippen LogP contribution in [0.25, 0.3) is 0 Å². The van der Waals surface area contributed by atoms with Crippen LogP contribution < -0.4 is 20.9 Å². The molecule has 0 saturated heterocycles. The van der Waals surface area contributed by atoms with Crippen LogP contribution in [-0.2, 0) is 0 Å². The van der Waals surface area contributed by atoms with Gasteiger partial charge < -0.3 is 4.74 Å². The number of carbonyl (C=O) groups is 1. The summed E-state index contributed by atoms with van der Waals surface area (Å²) in [6, 6.07) is 10.9. The summed E-state index contributed by atoms with van der Waals surface area (Å²) in [5.74, 6) is 0.0645. The number of hydrogen-bond acceptors (Lipinski definition) is 6. The van der Waals surface area contributed by atoms with Crippen molar-refractivity contribution in [2.24, 2.45) is 0 Å². The van der Waals surface area contributed by atoms with Gasteiger partial charge in [0.05, 0.1) is 23.3 Å². The van der Waals surface area contributed by atoms with Crippen molar-refractivity contribution in [2.45, 2.75) is 6.92 Å². The Labute approximate surface area is 149 Å². The van der Waals surface area contributed by atoms with Crippen molar-refractivity contribution in [3.8, 4) is 5.75 Å². The Morgan fingerprint density at radius 3 is 2.48 bits per heavy atom. The van der Waals surface area contributed by atoms with Gasteiger partial charge in [-0.15, -0.1) is 0 Å². The van der Waals surface area contributed by atoms with E-state index in [0.717, 1.165) is 5.56 Å². The number of carbonyl (C=O) groups excluding carboxylic acids is 1. The number of nitrogens with one attached hydrogen (secondary N) is 3. The van der Waals surface area contributed by atoms with E-state index in [-0.39, 0.29) is 10.8 Å². The second kappa shape index (κ2) is 8.06. The number of methoxy groups -OCH3 is 1.